The average molecular weight is 537 g/mol. The van der Waals surface area contributed by atoms with E-state index in [2.05, 4.69) is 20.1 Å². The number of hydrogen-bond donors (Lipinski definition) is 0. The van der Waals surface area contributed by atoms with E-state index in [0.29, 0.717) is 11.3 Å². The lowest BCUT2D eigenvalue weighted by Gasteiger charge is -2.40. The number of carbonyl (C=O) groups excluding carboxylic acids is 1. The van der Waals surface area contributed by atoms with E-state index in [1.165, 1.54) is 12.4 Å². The molecule has 7 nitrogen and oxygen atoms in total. The summed E-state index contributed by atoms with van der Waals surface area (Å²) in [5.74, 6) is 0.0187. The molecule has 0 N–H and O–H groups in total. The van der Waals surface area contributed by atoms with Crippen molar-refractivity contribution in [3.63, 3.8) is 0 Å². The summed E-state index contributed by atoms with van der Waals surface area (Å²) in [6, 6.07) is 10.8. The predicted octanol–water partition coefficient (Wildman–Crippen LogP) is 4.50. The van der Waals surface area contributed by atoms with Gasteiger partial charge < -0.3 is 4.90 Å². The molecule has 4 aromatic rings. The van der Waals surface area contributed by atoms with Crippen LogP contribution >= 0.6 is 40.5 Å². The maximum absolute atomic E-state index is 13.8. The van der Waals surface area contributed by atoms with Crippen LogP contribution in [0.4, 0.5) is 8.78 Å². The zero-order valence-electron chi connectivity index (χ0n) is 18.6. The number of nitrogens with zero attached hydrogens (tertiary/aromatic N) is 6. The van der Waals surface area contributed by atoms with Gasteiger partial charge in [0.25, 0.3) is 18.1 Å². The summed E-state index contributed by atoms with van der Waals surface area (Å²) in [4.78, 5) is 28.1. The van der Waals surface area contributed by atoms with Crippen LogP contribution in [0.15, 0.2) is 48.9 Å². The first-order valence-electron chi connectivity index (χ1n) is 10.8. The van der Waals surface area contributed by atoms with Gasteiger partial charge in [-0.15, -0.1) is 0 Å². The number of hydrogen-bond acceptors (Lipinski definition) is 5. The van der Waals surface area contributed by atoms with Gasteiger partial charge in [-0.3, -0.25) is 9.78 Å². The zero-order valence-corrected chi connectivity index (χ0v) is 21.6. The molecule has 186 valence electrons. The molecule has 35 heavy (non-hydrogen) atoms. The van der Waals surface area contributed by atoms with Crippen LogP contribution in [0.3, 0.4) is 0 Å². The molecule has 2 saturated heterocycles. The van der Waals surface area contributed by atoms with Crippen LogP contribution in [-0.4, -0.2) is 47.5 Å². The molecule has 2 fully saturated rings. The minimum atomic E-state index is -2.70. The lowest BCUT2D eigenvalue weighted by Crippen LogP contribution is -2.47. The lowest BCUT2D eigenvalue weighted by molar-refractivity contribution is 0.0556. The minimum absolute atomic E-state index is 0. The van der Waals surface area contributed by atoms with Gasteiger partial charge in [0.05, 0.1) is 11.2 Å². The van der Waals surface area contributed by atoms with Crippen LogP contribution in [-0.2, 0) is 0 Å². The summed E-state index contributed by atoms with van der Waals surface area (Å²) in [5.41, 5.74) is 1.74. The van der Waals surface area contributed by atoms with Crippen LogP contribution in [0, 0.1) is 0 Å². The Balaban J connectivity index is 0.00000114. The van der Waals surface area contributed by atoms with E-state index in [0.717, 1.165) is 36.6 Å². The molecular formula is C23H26F2N6OS3. The number of piperidine rings is 1. The van der Waals surface area contributed by atoms with Gasteiger partial charge in [0.2, 0.25) is 0 Å². The Hall–Kier alpha value is -2.44. The molecule has 3 aromatic heterocycles. The third-order valence-electron chi connectivity index (χ3n) is 6.83. The Morgan fingerprint density at radius 3 is 2.60 bits per heavy atom. The molecule has 12 heteroatoms. The van der Waals surface area contributed by atoms with Crippen molar-refractivity contribution in [2.45, 2.75) is 50.1 Å². The van der Waals surface area contributed by atoms with Gasteiger partial charge in [-0.05, 0) is 49.9 Å². The van der Waals surface area contributed by atoms with E-state index >= 15 is 0 Å². The first kappa shape index (κ1) is 27.2. The summed E-state index contributed by atoms with van der Waals surface area (Å²) in [5, 5.41) is 5.06. The number of alkyl halides is 2. The third kappa shape index (κ3) is 4.47. The summed E-state index contributed by atoms with van der Waals surface area (Å²) >= 11 is 0. The Bertz CT molecular complexity index is 1350. The number of amides is 1. The highest BCUT2D eigenvalue weighted by atomic mass is 32.1. The maximum Gasteiger partial charge on any atom is 0.280 e. The molecule has 3 atom stereocenters. The average Bonchev–Trinajstić information content (AvgIpc) is 3.41. The largest absolute Gasteiger partial charge is 0.332 e. The van der Waals surface area contributed by atoms with Crippen LogP contribution in [0.5, 0.6) is 0 Å². The van der Waals surface area contributed by atoms with Crippen LogP contribution < -0.4 is 0 Å². The van der Waals surface area contributed by atoms with Crippen molar-refractivity contribution < 1.29 is 13.6 Å². The van der Waals surface area contributed by atoms with Gasteiger partial charge in [-0.2, -0.15) is 50.6 Å². The lowest BCUT2D eigenvalue weighted by atomic mass is 9.86. The molecule has 2 aliphatic rings. The van der Waals surface area contributed by atoms with E-state index in [-0.39, 0.29) is 75.9 Å². The molecule has 1 aromatic carbocycles. The van der Waals surface area contributed by atoms with Crippen molar-refractivity contribution in [1.29, 1.82) is 0 Å². The quantitative estimate of drug-likeness (QED) is 0.385. The van der Waals surface area contributed by atoms with Crippen LogP contribution in [0.2, 0.25) is 0 Å². The number of carbonyl (C=O) groups is 1. The van der Waals surface area contributed by atoms with Crippen molar-refractivity contribution >= 4 is 63.1 Å². The van der Waals surface area contributed by atoms with Gasteiger partial charge in [-0.25, -0.2) is 18.3 Å². The molecule has 0 saturated carbocycles. The summed E-state index contributed by atoms with van der Waals surface area (Å²) in [6.07, 6.45) is 3.70. The standard InChI is InChI=1S/C23H20F2N6O.3H2S/c24-21(25)18-11-20(31-23(29-18)27-12-28-31)16-8-6-13-7-9-19(16)30(13)22(32)15-3-1-5-17-14(15)4-2-10-26-17;;;/h1-5,10-13,16,19,21H,6-9H2;3*1H2/t13-,16-,19-;;;/m0.../s1. The molecule has 0 aliphatic carbocycles. The predicted molar refractivity (Wildman–Crippen MR) is 144 cm³/mol. The molecule has 1 amide bonds. The van der Waals surface area contributed by atoms with E-state index in [9.17, 15) is 13.6 Å². The summed E-state index contributed by atoms with van der Waals surface area (Å²) in [7, 11) is 0. The van der Waals surface area contributed by atoms with Gasteiger partial charge >= 0.3 is 0 Å². The van der Waals surface area contributed by atoms with Gasteiger partial charge in [0.1, 0.15) is 12.0 Å². The number of rotatable bonds is 3. The second kappa shape index (κ2) is 10.7. The Morgan fingerprint density at radius 2 is 1.80 bits per heavy atom. The highest BCUT2D eigenvalue weighted by Crippen LogP contribution is 2.45. The smallest absolute Gasteiger partial charge is 0.280 e. The first-order chi connectivity index (χ1) is 15.6. The number of pyridine rings is 1. The molecule has 0 spiro atoms. The molecule has 0 unspecified atom stereocenters. The van der Waals surface area contributed by atoms with Crippen molar-refractivity contribution in [2.24, 2.45) is 0 Å². The zero-order chi connectivity index (χ0) is 21.8. The van der Waals surface area contributed by atoms with Crippen molar-refractivity contribution in [1.82, 2.24) is 29.5 Å². The fourth-order valence-electron chi connectivity index (χ4n) is 5.48. The monoisotopic (exact) mass is 536 g/mol. The van der Waals surface area contributed by atoms with Crippen LogP contribution in [0.1, 0.15) is 59.8 Å². The maximum atomic E-state index is 13.8. The van der Waals surface area contributed by atoms with E-state index in [1.54, 1.807) is 10.7 Å². The van der Waals surface area contributed by atoms with Gasteiger partial charge in [0, 0.05) is 35.1 Å². The molecule has 6 rings (SSSR count). The topological polar surface area (TPSA) is 76.3 Å². The second-order valence-electron chi connectivity index (χ2n) is 8.45. The number of fused-ring (bicyclic) bond motifs is 4. The highest BCUT2D eigenvalue weighted by Gasteiger charge is 2.46. The third-order valence-corrected chi connectivity index (χ3v) is 6.83. The van der Waals surface area contributed by atoms with E-state index in [4.69, 9.17) is 0 Å². The first-order valence-corrected chi connectivity index (χ1v) is 10.8. The number of halogens is 2. The Morgan fingerprint density at radius 1 is 1.00 bits per heavy atom. The highest BCUT2D eigenvalue weighted by molar-refractivity contribution is 7.59. The normalized spacial score (nSPS) is 20.9. The molecule has 5 heterocycles. The molecule has 2 aliphatic heterocycles. The molecular weight excluding hydrogens is 510 g/mol. The van der Waals surface area contributed by atoms with E-state index < -0.39 is 6.43 Å². The number of benzene rings is 1. The Labute approximate surface area is 221 Å². The van der Waals surface area contributed by atoms with Crippen molar-refractivity contribution in [3.8, 4) is 0 Å². The van der Waals surface area contributed by atoms with E-state index in [1.807, 2.05) is 35.2 Å². The summed E-state index contributed by atoms with van der Waals surface area (Å²) in [6.45, 7) is 0. The fraction of sp³-hybridized carbons (Fsp3) is 0.348. The van der Waals surface area contributed by atoms with Crippen molar-refractivity contribution in [2.75, 3.05) is 0 Å². The Kier molecular flexibility index (Phi) is 8.28. The van der Waals surface area contributed by atoms with Crippen LogP contribution in [0.25, 0.3) is 16.7 Å². The van der Waals surface area contributed by atoms with Crippen molar-refractivity contribution in [3.05, 3.63) is 65.9 Å². The minimum Gasteiger partial charge on any atom is -0.332 e. The SMILES string of the molecule is O=C(c1cccc2ncccc12)N1[C@H]2CC[C@H](c3cc(C(F)F)nc4ncnn34)[C@@H]1CC2.S.S.S. The number of aromatic nitrogens is 5. The van der Waals surface area contributed by atoms with Gasteiger partial charge in [0.15, 0.2) is 0 Å². The van der Waals surface area contributed by atoms with Gasteiger partial charge in [-0.1, -0.05) is 12.1 Å². The molecule has 0 radical (unpaired) electrons. The summed E-state index contributed by atoms with van der Waals surface area (Å²) < 4.78 is 28.6. The molecule has 2 bridgehead atoms. The second-order valence-corrected chi connectivity index (χ2v) is 8.45. The fourth-order valence-corrected chi connectivity index (χ4v) is 5.48.